The van der Waals surface area contributed by atoms with Crippen LogP contribution in [0.15, 0.2) is 24.3 Å². The summed E-state index contributed by atoms with van der Waals surface area (Å²) in [7, 11) is -3.41. The van der Waals surface area contributed by atoms with Crippen LogP contribution in [-0.2, 0) is 39.8 Å². The van der Waals surface area contributed by atoms with Crippen LogP contribution in [0.3, 0.4) is 0 Å². The first-order valence-electron chi connectivity index (χ1n) is 14.1. The van der Waals surface area contributed by atoms with Gasteiger partial charge in [0.15, 0.2) is 0 Å². The summed E-state index contributed by atoms with van der Waals surface area (Å²) in [4.78, 5) is 93.0. The number of hydrogen-bond acceptors (Lipinski definition) is 8. The first-order valence-corrected chi connectivity index (χ1v) is 15.6. The van der Waals surface area contributed by atoms with Crippen molar-refractivity contribution >= 4 is 43.3 Å². The molecule has 0 bridgehead atoms. The largest absolute Gasteiger partial charge is 0.524 e. The van der Waals surface area contributed by atoms with Crippen LogP contribution in [0, 0.1) is 5.92 Å². The number of nitrogens with one attached hydrogen (secondary N) is 5. The first kappa shape index (κ1) is 38.0. The summed E-state index contributed by atoms with van der Waals surface area (Å²) in [6.07, 6.45) is 1.85. The summed E-state index contributed by atoms with van der Waals surface area (Å²) in [6, 6.07) is 1.74. The Morgan fingerprint density at radius 3 is 2.05 bits per heavy atom. The molecule has 0 aliphatic carbocycles. The molecule has 44 heavy (non-hydrogen) atoms. The van der Waals surface area contributed by atoms with Crippen molar-refractivity contribution in [3.63, 3.8) is 0 Å². The van der Waals surface area contributed by atoms with Gasteiger partial charge in [-0.25, -0.2) is 4.57 Å². The molecule has 9 N–H and O–H groups in total. The van der Waals surface area contributed by atoms with Crippen LogP contribution in [0.25, 0.3) is 0 Å². The van der Waals surface area contributed by atoms with E-state index >= 15 is 0 Å². The predicted molar refractivity (Wildman–Crippen MR) is 158 cm³/mol. The van der Waals surface area contributed by atoms with Gasteiger partial charge in [-0.1, -0.05) is 45.7 Å². The Labute approximate surface area is 255 Å². The van der Waals surface area contributed by atoms with Crippen LogP contribution >= 0.6 is 7.82 Å². The number of carbonyl (C=O) groups excluding carboxylic acids is 6. The SMILES string of the molecule is CCCCCC(=O)N[C@@H](Cc1ccc(OP(=O)(O)O)cc1)C(=O)N[C@H](C(=O)N[C@@H](CC(N)=O)C(=O)NCC(=O)NC)C(C)C. The standard InChI is InChI=1S/C27H43N6O10P/c1-5-6-7-8-22(35)31-19(13-17-9-11-18(12-10-17)43-44(40,41)42)26(38)33-24(16(2)3)27(39)32-20(14-21(28)34)25(37)30-15-23(36)29-4/h9-12,16,19-20,24H,5-8,13-15H2,1-4H3,(H2,28,34)(H,29,36)(H,30,37)(H,31,35)(H,32,39)(H,33,38)(H2,40,41,42)/t19-,20-,24-/m0/s1. The Morgan fingerprint density at radius 1 is 0.886 bits per heavy atom. The quantitative estimate of drug-likeness (QED) is 0.0683. The zero-order chi connectivity index (χ0) is 33.4. The molecule has 0 aliphatic heterocycles. The van der Waals surface area contributed by atoms with E-state index < -0.39 is 74.4 Å². The van der Waals surface area contributed by atoms with Crippen molar-refractivity contribution in [2.75, 3.05) is 13.6 Å². The number of benzene rings is 1. The third-order valence-corrected chi connectivity index (χ3v) is 6.68. The van der Waals surface area contributed by atoms with Gasteiger partial charge in [-0.2, -0.15) is 0 Å². The van der Waals surface area contributed by atoms with Gasteiger partial charge >= 0.3 is 7.82 Å². The van der Waals surface area contributed by atoms with Crippen molar-refractivity contribution in [2.45, 2.75) is 77.4 Å². The molecule has 17 heteroatoms. The number of carbonyl (C=O) groups is 6. The van der Waals surface area contributed by atoms with E-state index in [1.165, 1.54) is 31.3 Å². The lowest BCUT2D eigenvalue weighted by atomic mass is 10.00. The second kappa shape index (κ2) is 18.6. The second-order valence-electron chi connectivity index (χ2n) is 10.4. The molecule has 1 rings (SSSR count). The Bertz CT molecular complexity index is 1200. The van der Waals surface area contributed by atoms with Gasteiger partial charge in [-0.15, -0.1) is 0 Å². The summed E-state index contributed by atoms with van der Waals surface area (Å²) in [6.45, 7) is 4.84. The topological polar surface area (TPSA) is 255 Å². The van der Waals surface area contributed by atoms with Crippen LogP contribution in [-0.4, -0.2) is 76.9 Å². The van der Waals surface area contributed by atoms with Gasteiger partial charge < -0.3 is 36.8 Å². The third kappa shape index (κ3) is 14.9. The van der Waals surface area contributed by atoms with Crippen molar-refractivity contribution in [1.82, 2.24) is 26.6 Å². The summed E-state index contributed by atoms with van der Waals surface area (Å²) >= 11 is 0. The van der Waals surface area contributed by atoms with E-state index in [1.54, 1.807) is 13.8 Å². The molecule has 0 saturated carbocycles. The summed E-state index contributed by atoms with van der Waals surface area (Å²) in [5.74, 6) is -4.76. The maximum absolute atomic E-state index is 13.5. The smallest absolute Gasteiger partial charge is 0.404 e. The van der Waals surface area contributed by atoms with E-state index in [0.29, 0.717) is 12.0 Å². The lowest BCUT2D eigenvalue weighted by Gasteiger charge is -2.27. The van der Waals surface area contributed by atoms with E-state index in [4.69, 9.17) is 15.5 Å². The molecule has 6 amide bonds. The van der Waals surface area contributed by atoms with E-state index in [-0.39, 0.29) is 24.5 Å². The summed E-state index contributed by atoms with van der Waals surface area (Å²) in [5, 5.41) is 12.3. The van der Waals surface area contributed by atoms with Crippen molar-refractivity contribution in [1.29, 1.82) is 0 Å². The van der Waals surface area contributed by atoms with Crippen molar-refractivity contribution < 1.29 is 47.6 Å². The number of unbranched alkanes of at least 4 members (excludes halogenated alkanes) is 2. The second-order valence-corrected chi connectivity index (χ2v) is 11.5. The average Bonchev–Trinajstić information content (AvgIpc) is 2.93. The number of amides is 6. The molecule has 246 valence electrons. The highest BCUT2D eigenvalue weighted by molar-refractivity contribution is 7.46. The predicted octanol–water partition coefficient (Wildman–Crippen LogP) is -0.871. The molecule has 0 unspecified atom stereocenters. The number of rotatable bonds is 19. The number of phosphoric acid groups is 1. The molecule has 1 aromatic carbocycles. The molecule has 0 spiro atoms. The number of likely N-dealkylation sites (N-methyl/N-ethyl adjacent to an activating group) is 1. The normalized spacial score (nSPS) is 13.2. The van der Waals surface area contributed by atoms with Crippen molar-refractivity contribution in [2.24, 2.45) is 11.7 Å². The fraction of sp³-hybridized carbons (Fsp3) is 0.556. The van der Waals surface area contributed by atoms with Gasteiger partial charge in [0.05, 0.1) is 13.0 Å². The molecule has 3 atom stereocenters. The van der Waals surface area contributed by atoms with E-state index in [2.05, 4.69) is 31.1 Å². The lowest BCUT2D eigenvalue weighted by molar-refractivity contribution is -0.135. The van der Waals surface area contributed by atoms with Gasteiger partial charge in [0.2, 0.25) is 35.4 Å². The third-order valence-electron chi connectivity index (χ3n) is 6.23. The van der Waals surface area contributed by atoms with Crippen LogP contribution in [0.1, 0.15) is 58.4 Å². The molecule has 0 radical (unpaired) electrons. The monoisotopic (exact) mass is 642 g/mol. The maximum atomic E-state index is 13.5. The van der Waals surface area contributed by atoms with Crippen LogP contribution in [0.5, 0.6) is 5.75 Å². The van der Waals surface area contributed by atoms with E-state index in [9.17, 15) is 33.3 Å². The fourth-order valence-corrected chi connectivity index (χ4v) is 4.31. The molecule has 0 aromatic heterocycles. The molecule has 0 fully saturated rings. The van der Waals surface area contributed by atoms with Gasteiger partial charge in [0.25, 0.3) is 0 Å². The minimum absolute atomic E-state index is 0.0415. The van der Waals surface area contributed by atoms with Gasteiger partial charge in [-0.05, 0) is 30.0 Å². The zero-order valence-corrected chi connectivity index (χ0v) is 26.1. The highest BCUT2D eigenvalue weighted by Crippen LogP contribution is 2.37. The molecular weight excluding hydrogens is 599 g/mol. The number of primary amides is 1. The Balaban J connectivity index is 3.15. The Hall–Kier alpha value is -4.01. The van der Waals surface area contributed by atoms with Gasteiger partial charge in [0, 0.05) is 19.9 Å². The molecule has 1 aromatic rings. The minimum Gasteiger partial charge on any atom is -0.404 e. The Morgan fingerprint density at radius 2 is 1.52 bits per heavy atom. The zero-order valence-electron chi connectivity index (χ0n) is 25.3. The number of phosphoric ester groups is 1. The minimum atomic E-state index is -4.78. The van der Waals surface area contributed by atoms with Crippen LogP contribution < -0.4 is 36.8 Å². The van der Waals surface area contributed by atoms with Crippen molar-refractivity contribution in [3.8, 4) is 5.75 Å². The average molecular weight is 643 g/mol. The summed E-state index contributed by atoms with van der Waals surface area (Å²) in [5.41, 5.74) is 5.75. The fourth-order valence-electron chi connectivity index (χ4n) is 3.91. The molecular formula is C27H43N6O10P. The Kier molecular flexibility index (Phi) is 16.1. The number of hydrogen-bond donors (Lipinski definition) is 8. The van der Waals surface area contributed by atoms with Crippen molar-refractivity contribution in [3.05, 3.63) is 29.8 Å². The molecule has 0 heterocycles. The highest BCUT2D eigenvalue weighted by Gasteiger charge is 2.32. The van der Waals surface area contributed by atoms with Crippen LogP contribution in [0.2, 0.25) is 0 Å². The summed E-state index contributed by atoms with van der Waals surface area (Å²) < 4.78 is 15.6. The number of nitrogens with two attached hydrogens (primary N) is 1. The van der Waals surface area contributed by atoms with Crippen LogP contribution in [0.4, 0.5) is 0 Å². The first-order chi connectivity index (χ1) is 20.6. The van der Waals surface area contributed by atoms with Gasteiger partial charge in [0.1, 0.15) is 23.9 Å². The highest BCUT2D eigenvalue weighted by atomic mass is 31.2. The molecule has 0 saturated heterocycles. The van der Waals surface area contributed by atoms with Gasteiger partial charge in [-0.3, -0.25) is 38.6 Å². The van der Waals surface area contributed by atoms with E-state index in [0.717, 1.165) is 12.8 Å². The molecule has 0 aliphatic rings. The maximum Gasteiger partial charge on any atom is 0.524 e. The molecule has 16 nitrogen and oxygen atoms in total. The van der Waals surface area contributed by atoms with E-state index in [1.807, 2.05) is 6.92 Å². The lowest BCUT2D eigenvalue weighted by Crippen LogP contribution is -2.59.